The Labute approximate surface area is 184 Å². The fourth-order valence-corrected chi connectivity index (χ4v) is 4.37. The number of ether oxygens (including phenoxy) is 2. The Hall–Kier alpha value is -3.39. The van der Waals surface area contributed by atoms with Gasteiger partial charge in [-0.2, -0.15) is 0 Å². The van der Waals surface area contributed by atoms with Crippen molar-refractivity contribution < 1.29 is 19.1 Å². The summed E-state index contributed by atoms with van der Waals surface area (Å²) < 4.78 is 11.1. The molecule has 0 fully saturated rings. The second-order valence-electron chi connectivity index (χ2n) is 6.95. The van der Waals surface area contributed by atoms with Crippen molar-refractivity contribution in [1.29, 1.82) is 0 Å². The quantitative estimate of drug-likeness (QED) is 0.609. The molecule has 2 heterocycles. The fraction of sp³-hybridized carbons (Fsp3) is 0.261. The molecule has 1 N–H and O–H groups in total. The predicted octanol–water partition coefficient (Wildman–Crippen LogP) is 3.76. The third-order valence-corrected chi connectivity index (χ3v) is 5.79. The van der Waals surface area contributed by atoms with Crippen molar-refractivity contribution in [3.05, 3.63) is 70.7 Å². The van der Waals surface area contributed by atoms with E-state index in [0.29, 0.717) is 48.3 Å². The molecule has 160 valence electrons. The SMILES string of the molecule is CCOc1ccccc1OCC(=O)Nc1nc2c(s1)CN(C(=O)c1ccccc1)CC2. The number of thiazole rings is 1. The topological polar surface area (TPSA) is 80.8 Å². The molecule has 0 atom stereocenters. The number of anilines is 1. The first-order valence-electron chi connectivity index (χ1n) is 10.1. The van der Waals surface area contributed by atoms with Crippen LogP contribution in [0.25, 0.3) is 0 Å². The highest BCUT2D eigenvalue weighted by Gasteiger charge is 2.25. The van der Waals surface area contributed by atoms with E-state index in [1.165, 1.54) is 11.3 Å². The molecule has 7 nitrogen and oxygen atoms in total. The summed E-state index contributed by atoms with van der Waals surface area (Å²) in [5.74, 6) is 0.833. The second kappa shape index (κ2) is 9.61. The van der Waals surface area contributed by atoms with Gasteiger partial charge in [-0.15, -0.1) is 0 Å². The maximum atomic E-state index is 12.7. The standard InChI is InChI=1S/C23H23N3O4S/c1-2-29-18-10-6-7-11-19(18)30-15-21(27)25-23-24-17-12-13-26(14-20(17)31-23)22(28)16-8-4-3-5-9-16/h3-11H,2,12-15H2,1H3,(H,24,25,27). The Morgan fingerprint density at radius 3 is 2.52 bits per heavy atom. The van der Waals surface area contributed by atoms with Crippen molar-refractivity contribution >= 4 is 28.3 Å². The lowest BCUT2D eigenvalue weighted by Gasteiger charge is -2.26. The summed E-state index contributed by atoms with van der Waals surface area (Å²) in [6, 6.07) is 16.5. The zero-order valence-corrected chi connectivity index (χ0v) is 18.0. The van der Waals surface area contributed by atoms with Gasteiger partial charge in [0.05, 0.1) is 18.8 Å². The van der Waals surface area contributed by atoms with Crippen molar-refractivity contribution in [2.75, 3.05) is 25.1 Å². The Morgan fingerprint density at radius 2 is 1.77 bits per heavy atom. The van der Waals surface area contributed by atoms with Gasteiger partial charge in [-0.25, -0.2) is 4.98 Å². The van der Waals surface area contributed by atoms with Crippen molar-refractivity contribution in [1.82, 2.24) is 9.88 Å². The van der Waals surface area contributed by atoms with Crippen LogP contribution < -0.4 is 14.8 Å². The van der Waals surface area contributed by atoms with Crippen molar-refractivity contribution in [3.63, 3.8) is 0 Å². The maximum absolute atomic E-state index is 12.7. The summed E-state index contributed by atoms with van der Waals surface area (Å²) >= 11 is 1.40. The average Bonchev–Trinajstić information content (AvgIpc) is 3.20. The lowest BCUT2D eigenvalue weighted by molar-refractivity contribution is -0.118. The summed E-state index contributed by atoms with van der Waals surface area (Å²) in [6.45, 7) is 3.36. The second-order valence-corrected chi connectivity index (χ2v) is 8.03. The van der Waals surface area contributed by atoms with E-state index >= 15 is 0 Å². The minimum absolute atomic E-state index is 0.00611. The van der Waals surface area contributed by atoms with Crippen LogP contribution in [0.4, 0.5) is 5.13 Å². The van der Waals surface area contributed by atoms with Gasteiger partial charge in [0.1, 0.15) is 0 Å². The Morgan fingerprint density at radius 1 is 1.06 bits per heavy atom. The van der Waals surface area contributed by atoms with Crippen molar-refractivity contribution in [3.8, 4) is 11.5 Å². The molecule has 0 spiro atoms. The minimum Gasteiger partial charge on any atom is -0.490 e. The van der Waals surface area contributed by atoms with Gasteiger partial charge in [-0.3, -0.25) is 14.9 Å². The molecule has 2 aromatic carbocycles. The monoisotopic (exact) mass is 437 g/mol. The van der Waals surface area contributed by atoms with Crippen LogP contribution >= 0.6 is 11.3 Å². The smallest absolute Gasteiger partial charge is 0.264 e. The van der Waals surface area contributed by atoms with Crippen LogP contribution in [-0.2, 0) is 17.8 Å². The average molecular weight is 438 g/mol. The van der Waals surface area contributed by atoms with Gasteiger partial charge in [-0.05, 0) is 31.2 Å². The van der Waals surface area contributed by atoms with E-state index in [1.54, 1.807) is 12.1 Å². The number of hydrogen-bond acceptors (Lipinski definition) is 6. The van der Waals surface area contributed by atoms with Gasteiger partial charge in [0.2, 0.25) is 0 Å². The van der Waals surface area contributed by atoms with E-state index in [4.69, 9.17) is 9.47 Å². The van der Waals surface area contributed by atoms with Crippen LogP contribution in [0, 0.1) is 0 Å². The number of rotatable bonds is 7. The molecule has 0 radical (unpaired) electrons. The summed E-state index contributed by atoms with van der Waals surface area (Å²) in [4.78, 5) is 32.4. The zero-order chi connectivity index (χ0) is 21.6. The van der Waals surface area contributed by atoms with Crippen LogP contribution in [-0.4, -0.2) is 41.5 Å². The van der Waals surface area contributed by atoms with E-state index in [2.05, 4.69) is 10.3 Å². The molecule has 0 unspecified atom stereocenters. The Bertz CT molecular complexity index is 1070. The number of hydrogen-bond donors (Lipinski definition) is 1. The fourth-order valence-electron chi connectivity index (χ4n) is 3.33. The van der Waals surface area contributed by atoms with E-state index in [-0.39, 0.29) is 18.4 Å². The molecule has 31 heavy (non-hydrogen) atoms. The molecular weight excluding hydrogens is 414 g/mol. The molecule has 4 rings (SSSR count). The van der Waals surface area contributed by atoms with Crippen LogP contribution in [0.5, 0.6) is 11.5 Å². The molecule has 2 amide bonds. The summed E-state index contributed by atoms with van der Waals surface area (Å²) in [5, 5.41) is 3.31. The summed E-state index contributed by atoms with van der Waals surface area (Å²) in [7, 11) is 0. The van der Waals surface area contributed by atoms with Crippen LogP contribution in [0.2, 0.25) is 0 Å². The lowest BCUT2D eigenvalue weighted by Crippen LogP contribution is -2.35. The molecule has 0 bridgehead atoms. The van der Waals surface area contributed by atoms with Crippen LogP contribution in [0.3, 0.4) is 0 Å². The van der Waals surface area contributed by atoms with Crippen molar-refractivity contribution in [2.45, 2.75) is 19.9 Å². The highest BCUT2D eigenvalue weighted by molar-refractivity contribution is 7.15. The first kappa shape index (κ1) is 20.9. The highest BCUT2D eigenvalue weighted by Crippen LogP contribution is 2.29. The van der Waals surface area contributed by atoms with Gasteiger partial charge in [-0.1, -0.05) is 41.7 Å². The summed E-state index contributed by atoms with van der Waals surface area (Å²) in [6.07, 6.45) is 0.665. The number of nitrogens with zero attached hydrogens (tertiary/aromatic N) is 2. The number of amides is 2. The minimum atomic E-state index is -0.297. The van der Waals surface area contributed by atoms with Crippen molar-refractivity contribution in [2.24, 2.45) is 0 Å². The van der Waals surface area contributed by atoms with E-state index in [1.807, 2.05) is 54.3 Å². The third kappa shape index (κ3) is 5.03. The molecule has 1 aromatic heterocycles. The van der Waals surface area contributed by atoms with E-state index in [9.17, 15) is 9.59 Å². The number of carbonyl (C=O) groups excluding carboxylic acids is 2. The number of fused-ring (bicyclic) bond motifs is 1. The Kier molecular flexibility index (Phi) is 6.47. The van der Waals surface area contributed by atoms with Gasteiger partial charge in [0, 0.05) is 23.4 Å². The number of carbonyl (C=O) groups is 2. The normalized spacial score (nSPS) is 12.7. The molecular formula is C23H23N3O4S. The van der Waals surface area contributed by atoms with Crippen LogP contribution in [0.1, 0.15) is 27.9 Å². The molecule has 8 heteroatoms. The van der Waals surface area contributed by atoms with Gasteiger partial charge < -0.3 is 14.4 Å². The Balaban J connectivity index is 1.35. The first-order valence-corrected chi connectivity index (χ1v) is 10.9. The first-order chi connectivity index (χ1) is 15.1. The number of nitrogens with one attached hydrogen (secondary N) is 1. The molecule has 0 saturated carbocycles. The number of para-hydroxylation sites is 2. The molecule has 3 aromatic rings. The highest BCUT2D eigenvalue weighted by atomic mass is 32.1. The van der Waals surface area contributed by atoms with E-state index < -0.39 is 0 Å². The van der Waals surface area contributed by atoms with Gasteiger partial charge in [0.15, 0.2) is 23.2 Å². The summed E-state index contributed by atoms with van der Waals surface area (Å²) in [5.41, 5.74) is 1.61. The molecule has 1 aliphatic heterocycles. The largest absolute Gasteiger partial charge is 0.490 e. The van der Waals surface area contributed by atoms with Crippen LogP contribution in [0.15, 0.2) is 54.6 Å². The number of benzene rings is 2. The van der Waals surface area contributed by atoms with Gasteiger partial charge in [0.25, 0.3) is 11.8 Å². The maximum Gasteiger partial charge on any atom is 0.264 e. The molecule has 0 aliphatic carbocycles. The lowest BCUT2D eigenvalue weighted by atomic mass is 10.1. The van der Waals surface area contributed by atoms with E-state index in [0.717, 1.165) is 10.6 Å². The van der Waals surface area contributed by atoms with Gasteiger partial charge >= 0.3 is 0 Å². The molecule has 0 saturated heterocycles. The number of aromatic nitrogens is 1. The predicted molar refractivity (Wildman–Crippen MR) is 119 cm³/mol. The zero-order valence-electron chi connectivity index (χ0n) is 17.2. The third-order valence-electron chi connectivity index (χ3n) is 4.79. The molecule has 1 aliphatic rings.